The molecule has 218 valence electrons. The Kier molecular flexibility index (Phi) is 19.7. The lowest BCUT2D eigenvalue weighted by Crippen LogP contribution is -2.33. The van der Waals surface area contributed by atoms with Crippen LogP contribution in [0.4, 0.5) is 0 Å². The van der Waals surface area contributed by atoms with Crippen molar-refractivity contribution in [3.05, 3.63) is 72.8 Å². The largest absolute Gasteiger partial charge is 0.494 e. The third-order valence-electron chi connectivity index (χ3n) is 6.54. The Morgan fingerprint density at radius 1 is 0.667 bits per heavy atom. The first-order valence-electron chi connectivity index (χ1n) is 15.1. The van der Waals surface area contributed by atoms with Gasteiger partial charge in [-0.15, -0.1) is 0 Å². The molecular weight excluding hydrogens is 480 g/mol. The van der Waals surface area contributed by atoms with Gasteiger partial charge in [0.1, 0.15) is 11.5 Å². The summed E-state index contributed by atoms with van der Waals surface area (Å²) in [5, 5.41) is 0. The van der Waals surface area contributed by atoms with Gasteiger partial charge >= 0.3 is 0 Å². The monoisotopic (exact) mass is 536 g/mol. The Labute approximate surface area is 240 Å². The fourth-order valence-corrected chi connectivity index (χ4v) is 4.35. The molecule has 0 spiro atoms. The van der Waals surface area contributed by atoms with Crippen LogP contribution in [0.15, 0.2) is 61.7 Å². The van der Waals surface area contributed by atoms with Crippen molar-refractivity contribution >= 4 is 12.2 Å². The van der Waals surface area contributed by atoms with Crippen LogP contribution in [0.2, 0.25) is 0 Å². The van der Waals surface area contributed by atoms with Gasteiger partial charge in [-0.2, -0.15) is 0 Å². The zero-order valence-corrected chi connectivity index (χ0v) is 25.7. The normalized spacial score (nSPS) is 10.9. The molecule has 0 radical (unpaired) electrons. The number of ether oxygens (including phenoxy) is 2. The maximum atomic E-state index is 5.81. The van der Waals surface area contributed by atoms with E-state index in [0.717, 1.165) is 61.8 Å². The van der Waals surface area contributed by atoms with E-state index in [1.165, 1.54) is 45.3 Å². The zero-order valence-electron chi connectivity index (χ0n) is 25.7. The van der Waals surface area contributed by atoms with E-state index < -0.39 is 0 Å². The standard InChI is InChI=1S/C18H29NO.C17H27NO/c1-4-7-13-19(12-5-2)14-9-15-20-18-11-8-10-17(6-3)16-18;1-5-11-18(15(3)4)12-8-13-19-17-10-7-9-16(6-2)14-17/h6,8,10-11,16H,3-5,7,9,12-15H2,1-2H3;6-7,9-10,14-15H,2,5,8,11-13H2,1,3-4H3. The first-order valence-corrected chi connectivity index (χ1v) is 15.1. The van der Waals surface area contributed by atoms with Crippen molar-refractivity contribution in [2.45, 2.75) is 79.2 Å². The summed E-state index contributed by atoms with van der Waals surface area (Å²) in [7, 11) is 0. The maximum absolute atomic E-state index is 5.81. The molecule has 0 aliphatic heterocycles. The first kappa shape index (κ1) is 34.5. The highest BCUT2D eigenvalue weighted by molar-refractivity contribution is 5.50. The highest BCUT2D eigenvalue weighted by atomic mass is 16.5. The SMILES string of the molecule is C=Cc1cccc(OCCCN(CCC)C(C)C)c1.C=Cc1cccc(OCCCN(CCC)CCCC)c1. The summed E-state index contributed by atoms with van der Waals surface area (Å²) >= 11 is 0. The van der Waals surface area contributed by atoms with Gasteiger partial charge in [-0.3, -0.25) is 0 Å². The fraction of sp³-hybridized carbons (Fsp3) is 0.543. The number of hydrogen-bond donors (Lipinski definition) is 0. The molecule has 4 nitrogen and oxygen atoms in total. The van der Waals surface area contributed by atoms with E-state index >= 15 is 0 Å². The van der Waals surface area contributed by atoms with Crippen LogP contribution >= 0.6 is 0 Å². The molecule has 0 amide bonds. The number of rotatable bonds is 20. The van der Waals surface area contributed by atoms with Gasteiger partial charge in [0.15, 0.2) is 0 Å². The molecule has 2 aromatic carbocycles. The molecule has 0 fully saturated rings. The average molecular weight is 537 g/mol. The number of unbranched alkanes of at least 4 members (excludes halogenated alkanes) is 1. The third-order valence-corrected chi connectivity index (χ3v) is 6.54. The first-order chi connectivity index (χ1) is 19.0. The van der Waals surface area contributed by atoms with Crippen LogP contribution in [-0.2, 0) is 0 Å². The molecule has 0 aromatic heterocycles. The number of hydrogen-bond acceptors (Lipinski definition) is 4. The smallest absolute Gasteiger partial charge is 0.119 e. The topological polar surface area (TPSA) is 24.9 Å². The second-order valence-electron chi connectivity index (χ2n) is 10.3. The third kappa shape index (κ3) is 16.2. The van der Waals surface area contributed by atoms with Crippen molar-refractivity contribution in [1.29, 1.82) is 0 Å². The van der Waals surface area contributed by atoms with Crippen molar-refractivity contribution in [3.63, 3.8) is 0 Å². The molecule has 0 aliphatic rings. The van der Waals surface area contributed by atoms with Crippen molar-refractivity contribution in [2.75, 3.05) is 45.9 Å². The van der Waals surface area contributed by atoms with Gasteiger partial charge in [0.2, 0.25) is 0 Å². The molecular formula is C35H56N2O2. The van der Waals surface area contributed by atoms with Crippen LogP contribution in [0.3, 0.4) is 0 Å². The van der Waals surface area contributed by atoms with Crippen molar-refractivity contribution in [3.8, 4) is 11.5 Å². The summed E-state index contributed by atoms with van der Waals surface area (Å²) in [6.45, 7) is 26.2. The van der Waals surface area contributed by atoms with Gasteiger partial charge < -0.3 is 19.3 Å². The van der Waals surface area contributed by atoms with Crippen LogP contribution < -0.4 is 9.47 Å². The Bertz CT molecular complexity index is 896. The maximum Gasteiger partial charge on any atom is 0.119 e. The summed E-state index contributed by atoms with van der Waals surface area (Å²) in [4.78, 5) is 5.05. The lowest BCUT2D eigenvalue weighted by Gasteiger charge is -2.25. The van der Waals surface area contributed by atoms with Gasteiger partial charge in [-0.25, -0.2) is 0 Å². The Hall–Kier alpha value is -2.56. The molecule has 0 saturated carbocycles. The van der Waals surface area contributed by atoms with E-state index in [1.54, 1.807) is 0 Å². The van der Waals surface area contributed by atoms with Crippen LogP contribution in [0.5, 0.6) is 11.5 Å². The zero-order chi connectivity index (χ0) is 28.7. The Morgan fingerprint density at radius 3 is 1.64 bits per heavy atom. The quantitative estimate of drug-likeness (QED) is 0.158. The lowest BCUT2D eigenvalue weighted by atomic mass is 10.2. The minimum absolute atomic E-state index is 0.615. The predicted molar refractivity (Wildman–Crippen MR) is 172 cm³/mol. The summed E-state index contributed by atoms with van der Waals surface area (Å²) in [5.74, 6) is 1.88. The molecule has 4 heteroatoms. The fourth-order valence-electron chi connectivity index (χ4n) is 4.35. The summed E-state index contributed by atoms with van der Waals surface area (Å²) < 4.78 is 11.6. The summed E-state index contributed by atoms with van der Waals surface area (Å²) in [6.07, 6.45) is 10.8. The molecule has 0 aliphatic carbocycles. The minimum atomic E-state index is 0.615. The van der Waals surface area contributed by atoms with E-state index in [-0.39, 0.29) is 0 Å². The molecule has 2 aromatic rings. The molecule has 39 heavy (non-hydrogen) atoms. The molecule has 0 heterocycles. The van der Waals surface area contributed by atoms with E-state index in [4.69, 9.17) is 9.47 Å². The second-order valence-corrected chi connectivity index (χ2v) is 10.3. The summed E-state index contributed by atoms with van der Waals surface area (Å²) in [6, 6.07) is 16.8. The highest BCUT2D eigenvalue weighted by Crippen LogP contribution is 2.15. The van der Waals surface area contributed by atoms with E-state index in [9.17, 15) is 0 Å². The van der Waals surface area contributed by atoms with Crippen molar-refractivity contribution in [2.24, 2.45) is 0 Å². The van der Waals surface area contributed by atoms with Gasteiger partial charge in [0, 0.05) is 19.1 Å². The van der Waals surface area contributed by atoms with Crippen molar-refractivity contribution < 1.29 is 9.47 Å². The van der Waals surface area contributed by atoms with Crippen molar-refractivity contribution in [1.82, 2.24) is 9.80 Å². The molecule has 0 bridgehead atoms. The molecule has 2 rings (SSSR count). The van der Waals surface area contributed by atoms with E-state index in [0.29, 0.717) is 6.04 Å². The number of nitrogens with zero attached hydrogens (tertiary/aromatic N) is 2. The predicted octanol–water partition coefficient (Wildman–Crippen LogP) is 8.83. The molecule has 0 unspecified atom stereocenters. The molecule has 0 saturated heterocycles. The van der Waals surface area contributed by atoms with Gasteiger partial charge in [-0.1, -0.05) is 76.8 Å². The number of benzene rings is 2. The minimum Gasteiger partial charge on any atom is -0.494 e. The van der Waals surface area contributed by atoms with E-state index in [1.807, 2.05) is 60.7 Å². The summed E-state index contributed by atoms with van der Waals surface area (Å²) in [5.41, 5.74) is 2.21. The molecule has 0 N–H and O–H groups in total. The van der Waals surface area contributed by atoms with Crippen LogP contribution in [0.1, 0.15) is 84.3 Å². The van der Waals surface area contributed by atoms with Crippen LogP contribution in [-0.4, -0.2) is 61.8 Å². The molecule has 0 atom stereocenters. The van der Waals surface area contributed by atoms with Crippen LogP contribution in [0.25, 0.3) is 12.2 Å². The van der Waals surface area contributed by atoms with Gasteiger partial charge in [0.25, 0.3) is 0 Å². The second kappa shape index (κ2) is 22.3. The van der Waals surface area contributed by atoms with Crippen LogP contribution in [0, 0.1) is 0 Å². The Balaban J connectivity index is 0.000000391. The van der Waals surface area contributed by atoms with Gasteiger partial charge in [0.05, 0.1) is 13.2 Å². The lowest BCUT2D eigenvalue weighted by molar-refractivity contribution is 0.198. The van der Waals surface area contributed by atoms with E-state index in [2.05, 4.69) is 57.6 Å². The average Bonchev–Trinajstić information content (AvgIpc) is 2.96. The Morgan fingerprint density at radius 2 is 1.18 bits per heavy atom. The highest BCUT2D eigenvalue weighted by Gasteiger charge is 2.07. The van der Waals surface area contributed by atoms with Gasteiger partial charge in [-0.05, 0) is 101 Å².